The molecule has 0 fully saturated rings. The first-order chi connectivity index (χ1) is 12.6. The number of allylic oxidation sites excluding steroid dienone is 1. The molecule has 0 atom stereocenters. The molecule has 2 aromatic rings. The van der Waals surface area contributed by atoms with E-state index < -0.39 is 0 Å². The SMILES string of the molecule is C=CCSc1ccccc1NC(=O)c1cc(CC=C)c(OC)c(OC)c1. The van der Waals surface area contributed by atoms with Gasteiger partial charge in [-0.25, -0.2) is 0 Å². The van der Waals surface area contributed by atoms with Gasteiger partial charge < -0.3 is 14.8 Å². The zero-order chi connectivity index (χ0) is 18.9. The van der Waals surface area contributed by atoms with Gasteiger partial charge in [-0.15, -0.1) is 24.9 Å². The van der Waals surface area contributed by atoms with Crippen molar-refractivity contribution in [2.24, 2.45) is 0 Å². The minimum atomic E-state index is -0.206. The van der Waals surface area contributed by atoms with Crippen molar-refractivity contribution < 1.29 is 14.3 Å². The van der Waals surface area contributed by atoms with E-state index in [0.717, 1.165) is 21.9 Å². The molecule has 1 amide bonds. The lowest BCUT2D eigenvalue weighted by molar-refractivity contribution is 0.102. The molecule has 0 saturated heterocycles. The summed E-state index contributed by atoms with van der Waals surface area (Å²) in [6.45, 7) is 7.50. The van der Waals surface area contributed by atoms with Gasteiger partial charge in [-0.2, -0.15) is 0 Å². The van der Waals surface area contributed by atoms with E-state index >= 15 is 0 Å². The molecule has 0 bridgehead atoms. The first-order valence-corrected chi connectivity index (χ1v) is 9.13. The largest absolute Gasteiger partial charge is 0.493 e. The van der Waals surface area contributed by atoms with Crippen LogP contribution in [0, 0.1) is 0 Å². The van der Waals surface area contributed by atoms with Gasteiger partial charge in [0, 0.05) is 21.8 Å². The maximum absolute atomic E-state index is 12.8. The molecule has 0 aliphatic rings. The molecule has 2 aromatic carbocycles. The molecule has 2 rings (SSSR count). The smallest absolute Gasteiger partial charge is 0.255 e. The van der Waals surface area contributed by atoms with E-state index in [2.05, 4.69) is 18.5 Å². The summed E-state index contributed by atoms with van der Waals surface area (Å²) >= 11 is 1.62. The Morgan fingerprint density at radius 1 is 1.15 bits per heavy atom. The zero-order valence-electron chi connectivity index (χ0n) is 15.1. The number of methoxy groups -OCH3 is 2. The summed E-state index contributed by atoms with van der Waals surface area (Å²) in [5, 5.41) is 2.98. The van der Waals surface area contributed by atoms with Gasteiger partial charge in [-0.05, 0) is 30.7 Å². The van der Waals surface area contributed by atoms with Crippen LogP contribution < -0.4 is 14.8 Å². The van der Waals surface area contributed by atoms with Crippen LogP contribution in [0.5, 0.6) is 11.5 Å². The van der Waals surface area contributed by atoms with Crippen LogP contribution in [0.1, 0.15) is 15.9 Å². The standard InChI is InChI=1S/C21H23NO3S/c1-5-9-15-13-16(14-18(24-3)20(15)25-4)21(23)22-17-10-7-8-11-19(17)26-12-6-2/h5-8,10-11,13-14H,1-2,9,12H2,3-4H3,(H,22,23). The lowest BCUT2D eigenvalue weighted by Crippen LogP contribution is -2.13. The fourth-order valence-corrected chi connectivity index (χ4v) is 3.27. The zero-order valence-corrected chi connectivity index (χ0v) is 15.9. The van der Waals surface area contributed by atoms with Gasteiger partial charge in [0.1, 0.15) is 0 Å². The molecular weight excluding hydrogens is 346 g/mol. The molecule has 1 N–H and O–H groups in total. The number of carbonyl (C=O) groups is 1. The highest BCUT2D eigenvalue weighted by molar-refractivity contribution is 7.99. The van der Waals surface area contributed by atoms with Crippen LogP contribution in [-0.4, -0.2) is 25.9 Å². The van der Waals surface area contributed by atoms with E-state index in [0.29, 0.717) is 23.5 Å². The molecule has 136 valence electrons. The van der Waals surface area contributed by atoms with E-state index in [9.17, 15) is 4.79 Å². The topological polar surface area (TPSA) is 47.6 Å². The Morgan fingerprint density at radius 2 is 1.92 bits per heavy atom. The number of anilines is 1. The molecule has 26 heavy (non-hydrogen) atoms. The molecule has 0 heterocycles. The van der Waals surface area contributed by atoms with Gasteiger partial charge in [0.25, 0.3) is 5.91 Å². The Morgan fingerprint density at radius 3 is 2.58 bits per heavy atom. The maximum atomic E-state index is 12.8. The number of rotatable bonds is 9. The summed E-state index contributed by atoms with van der Waals surface area (Å²) in [5.74, 6) is 1.70. The van der Waals surface area contributed by atoms with Crippen LogP contribution in [0.25, 0.3) is 0 Å². The molecule has 0 spiro atoms. The predicted molar refractivity (Wildman–Crippen MR) is 109 cm³/mol. The van der Waals surface area contributed by atoms with Crippen LogP contribution in [0.3, 0.4) is 0 Å². The molecule has 0 unspecified atom stereocenters. The minimum absolute atomic E-state index is 0.206. The summed E-state index contributed by atoms with van der Waals surface area (Å²) in [4.78, 5) is 13.8. The van der Waals surface area contributed by atoms with Crippen molar-refractivity contribution in [2.75, 3.05) is 25.3 Å². The molecule has 0 aliphatic carbocycles. The summed E-state index contributed by atoms with van der Waals surface area (Å²) < 4.78 is 10.8. The van der Waals surface area contributed by atoms with Gasteiger partial charge in [0.05, 0.1) is 19.9 Å². The van der Waals surface area contributed by atoms with Crippen molar-refractivity contribution in [3.8, 4) is 11.5 Å². The Labute approximate surface area is 158 Å². The summed E-state index contributed by atoms with van der Waals surface area (Å²) in [6, 6.07) is 11.2. The molecule has 0 aliphatic heterocycles. The van der Waals surface area contributed by atoms with E-state index in [-0.39, 0.29) is 5.91 Å². The highest BCUT2D eigenvalue weighted by Gasteiger charge is 2.16. The van der Waals surface area contributed by atoms with Crippen LogP contribution >= 0.6 is 11.8 Å². The average Bonchev–Trinajstić information content (AvgIpc) is 2.66. The van der Waals surface area contributed by atoms with Crippen molar-refractivity contribution in [1.82, 2.24) is 0 Å². The van der Waals surface area contributed by atoms with Crippen LogP contribution in [-0.2, 0) is 6.42 Å². The van der Waals surface area contributed by atoms with E-state index in [1.807, 2.05) is 30.3 Å². The highest BCUT2D eigenvalue weighted by atomic mass is 32.2. The number of para-hydroxylation sites is 1. The number of nitrogens with one attached hydrogen (secondary N) is 1. The normalized spacial score (nSPS) is 10.1. The van der Waals surface area contributed by atoms with Crippen LogP contribution in [0.15, 0.2) is 66.6 Å². The van der Waals surface area contributed by atoms with E-state index in [4.69, 9.17) is 9.47 Å². The van der Waals surface area contributed by atoms with Crippen molar-refractivity contribution in [1.29, 1.82) is 0 Å². The number of hydrogen-bond acceptors (Lipinski definition) is 4. The average molecular weight is 369 g/mol. The fourth-order valence-electron chi connectivity index (χ4n) is 2.52. The van der Waals surface area contributed by atoms with Crippen molar-refractivity contribution >= 4 is 23.4 Å². The van der Waals surface area contributed by atoms with Crippen molar-refractivity contribution in [2.45, 2.75) is 11.3 Å². The van der Waals surface area contributed by atoms with Gasteiger partial charge in [-0.1, -0.05) is 24.3 Å². The van der Waals surface area contributed by atoms with Crippen LogP contribution in [0.2, 0.25) is 0 Å². The molecule has 0 saturated carbocycles. The second-order valence-corrected chi connectivity index (χ2v) is 6.48. The lowest BCUT2D eigenvalue weighted by atomic mass is 10.0. The van der Waals surface area contributed by atoms with Gasteiger partial charge >= 0.3 is 0 Å². The van der Waals surface area contributed by atoms with Gasteiger partial charge in [0.2, 0.25) is 0 Å². The molecule has 0 radical (unpaired) electrons. The third-order valence-electron chi connectivity index (χ3n) is 3.67. The van der Waals surface area contributed by atoms with Crippen LogP contribution in [0.4, 0.5) is 5.69 Å². The Kier molecular flexibility index (Phi) is 7.36. The first kappa shape index (κ1) is 19.7. The molecule has 4 nitrogen and oxygen atoms in total. The maximum Gasteiger partial charge on any atom is 0.255 e. The fraction of sp³-hybridized carbons (Fsp3) is 0.190. The van der Waals surface area contributed by atoms with Gasteiger partial charge in [-0.3, -0.25) is 4.79 Å². The third kappa shape index (κ3) is 4.70. The number of thioether (sulfide) groups is 1. The summed E-state index contributed by atoms with van der Waals surface area (Å²) in [7, 11) is 3.13. The number of amides is 1. The predicted octanol–water partition coefficient (Wildman–Crippen LogP) is 4.96. The highest BCUT2D eigenvalue weighted by Crippen LogP contribution is 2.34. The number of carbonyl (C=O) groups excluding carboxylic acids is 1. The monoisotopic (exact) mass is 369 g/mol. The summed E-state index contributed by atoms with van der Waals surface area (Å²) in [5.41, 5.74) is 2.12. The molecule has 0 aromatic heterocycles. The summed E-state index contributed by atoms with van der Waals surface area (Å²) in [6.07, 6.45) is 4.17. The van der Waals surface area contributed by atoms with E-state index in [1.165, 1.54) is 0 Å². The first-order valence-electron chi connectivity index (χ1n) is 8.14. The third-order valence-corrected chi connectivity index (χ3v) is 4.74. The molecule has 5 heteroatoms. The Hall–Kier alpha value is -2.66. The quantitative estimate of drug-likeness (QED) is 0.501. The second-order valence-electron chi connectivity index (χ2n) is 5.41. The van der Waals surface area contributed by atoms with Crippen molar-refractivity contribution in [3.05, 3.63) is 72.8 Å². The minimum Gasteiger partial charge on any atom is -0.493 e. The van der Waals surface area contributed by atoms with Crippen molar-refractivity contribution in [3.63, 3.8) is 0 Å². The van der Waals surface area contributed by atoms with E-state index in [1.54, 1.807) is 44.2 Å². The number of hydrogen-bond donors (Lipinski definition) is 1. The second kappa shape index (κ2) is 9.73. The Balaban J connectivity index is 2.34. The number of benzene rings is 2. The number of ether oxygens (including phenoxy) is 2. The molecular formula is C21H23NO3S. The van der Waals surface area contributed by atoms with Gasteiger partial charge in [0.15, 0.2) is 11.5 Å². The lowest BCUT2D eigenvalue weighted by Gasteiger charge is -2.15. The Bertz CT molecular complexity index is 802.